The fraction of sp³-hybridized carbons (Fsp3) is 0.217. The van der Waals surface area contributed by atoms with Gasteiger partial charge in [-0.25, -0.2) is 9.37 Å². The van der Waals surface area contributed by atoms with Crippen LogP contribution in [0.5, 0.6) is 0 Å². The van der Waals surface area contributed by atoms with Crippen molar-refractivity contribution in [1.29, 1.82) is 0 Å². The molecule has 0 fully saturated rings. The topological polar surface area (TPSA) is 49.0 Å². The number of thiazole rings is 1. The van der Waals surface area contributed by atoms with Crippen LogP contribution < -0.4 is 0 Å². The molecule has 0 radical (unpaired) electrons. The van der Waals surface area contributed by atoms with Gasteiger partial charge < -0.3 is 9.88 Å². The van der Waals surface area contributed by atoms with Gasteiger partial charge in [-0.15, -0.1) is 11.3 Å². The van der Waals surface area contributed by atoms with E-state index in [0.29, 0.717) is 12.1 Å². The Kier molecular flexibility index (Phi) is 5.08. The van der Waals surface area contributed by atoms with Crippen LogP contribution in [-0.4, -0.2) is 33.1 Å². The molecule has 1 N–H and O–H groups in total. The highest BCUT2D eigenvalue weighted by atomic mass is 32.2. The number of rotatable bonds is 4. The lowest BCUT2D eigenvalue weighted by molar-refractivity contribution is -0.130. The standard InChI is InChI=1S/C23H20FN3OS2/c1-14-12-29-23(25-14)30-13-20(28)27-11-10-16-15-6-3-5-9-19(15)26-21(16)22(27)17-7-2-4-8-18(17)24/h2-9,12,22,26H,10-11,13H2,1H3/t22-/m1/s1. The second kappa shape index (κ2) is 7.89. The fourth-order valence-corrected chi connectivity index (χ4v) is 5.87. The van der Waals surface area contributed by atoms with Crippen molar-refractivity contribution in [1.82, 2.24) is 14.9 Å². The van der Waals surface area contributed by atoms with Crippen LogP contribution in [0.4, 0.5) is 4.39 Å². The smallest absolute Gasteiger partial charge is 0.233 e. The van der Waals surface area contributed by atoms with E-state index >= 15 is 0 Å². The molecule has 0 unspecified atom stereocenters. The molecule has 5 rings (SSSR count). The monoisotopic (exact) mass is 437 g/mol. The van der Waals surface area contributed by atoms with E-state index < -0.39 is 6.04 Å². The zero-order chi connectivity index (χ0) is 20.7. The Hall–Kier alpha value is -2.64. The van der Waals surface area contributed by atoms with E-state index in [2.05, 4.69) is 16.0 Å². The number of aromatic amines is 1. The molecule has 0 spiro atoms. The number of carbonyl (C=O) groups is 1. The number of aryl methyl sites for hydroxylation is 1. The Morgan fingerprint density at radius 3 is 2.87 bits per heavy atom. The predicted octanol–water partition coefficient (Wildman–Crippen LogP) is 5.34. The maximum absolute atomic E-state index is 14.8. The summed E-state index contributed by atoms with van der Waals surface area (Å²) in [6, 6.07) is 14.4. The molecule has 2 aromatic heterocycles. The number of halogens is 1. The third-order valence-corrected chi connectivity index (χ3v) is 7.60. The Bertz CT molecular complexity index is 1230. The lowest BCUT2D eigenvalue weighted by atomic mass is 9.92. The van der Waals surface area contributed by atoms with E-state index in [4.69, 9.17) is 0 Å². The highest BCUT2D eigenvalue weighted by Crippen LogP contribution is 2.39. The number of fused-ring (bicyclic) bond motifs is 3. The summed E-state index contributed by atoms with van der Waals surface area (Å²) < 4.78 is 15.7. The van der Waals surface area contributed by atoms with E-state index in [1.807, 2.05) is 41.5 Å². The van der Waals surface area contributed by atoms with Crippen LogP contribution in [-0.2, 0) is 11.2 Å². The van der Waals surface area contributed by atoms with E-state index in [1.165, 1.54) is 23.4 Å². The first-order valence-electron chi connectivity index (χ1n) is 9.80. The number of amides is 1. The van der Waals surface area contributed by atoms with Gasteiger partial charge in [0.15, 0.2) is 4.34 Å². The third-order valence-electron chi connectivity index (χ3n) is 5.47. The lowest BCUT2D eigenvalue weighted by Gasteiger charge is -2.36. The summed E-state index contributed by atoms with van der Waals surface area (Å²) in [4.78, 5) is 23.0. The Morgan fingerprint density at radius 1 is 1.27 bits per heavy atom. The molecule has 7 heteroatoms. The molecule has 0 saturated heterocycles. The summed E-state index contributed by atoms with van der Waals surface area (Å²) in [6.07, 6.45) is 0.747. The summed E-state index contributed by atoms with van der Waals surface area (Å²) in [7, 11) is 0. The number of H-pyrrole nitrogens is 1. The van der Waals surface area contributed by atoms with E-state index in [9.17, 15) is 9.18 Å². The zero-order valence-electron chi connectivity index (χ0n) is 16.4. The maximum Gasteiger partial charge on any atom is 0.233 e. The van der Waals surface area contributed by atoms with Gasteiger partial charge in [0.05, 0.1) is 5.75 Å². The van der Waals surface area contributed by atoms with Gasteiger partial charge in [-0.05, 0) is 31.0 Å². The van der Waals surface area contributed by atoms with Crippen molar-refractivity contribution in [3.63, 3.8) is 0 Å². The number of aromatic nitrogens is 2. The highest BCUT2D eigenvalue weighted by Gasteiger charge is 2.35. The van der Waals surface area contributed by atoms with Gasteiger partial charge >= 0.3 is 0 Å². The zero-order valence-corrected chi connectivity index (χ0v) is 18.0. The summed E-state index contributed by atoms with van der Waals surface area (Å²) in [5, 5.41) is 3.13. The molecule has 1 aliphatic heterocycles. The molecule has 0 bridgehead atoms. The molecule has 1 amide bonds. The van der Waals surface area contributed by atoms with Gasteiger partial charge in [0.2, 0.25) is 5.91 Å². The Morgan fingerprint density at radius 2 is 2.07 bits per heavy atom. The first-order valence-corrected chi connectivity index (χ1v) is 11.7. The first-order chi connectivity index (χ1) is 14.6. The van der Waals surface area contributed by atoms with Crippen molar-refractivity contribution in [2.45, 2.75) is 23.7 Å². The van der Waals surface area contributed by atoms with Gasteiger partial charge in [-0.1, -0.05) is 48.2 Å². The normalized spacial score (nSPS) is 16.1. The Labute approximate surface area is 182 Å². The van der Waals surface area contributed by atoms with E-state index in [1.54, 1.807) is 23.5 Å². The van der Waals surface area contributed by atoms with Gasteiger partial charge in [-0.2, -0.15) is 0 Å². The number of nitrogens with one attached hydrogen (secondary N) is 1. The highest BCUT2D eigenvalue weighted by molar-refractivity contribution is 8.01. The molecule has 30 heavy (non-hydrogen) atoms. The van der Waals surface area contributed by atoms with Crippen molar-refractivity contribution in [3.8, 4) is 0 Å². The minimum Gasteiger partial charge on any atom is -0.356 e. The van der Waals surface area contributed by atoms with Gasteiger partial charge in [0, 0.05) is 39.8 Å². The second-order valence-electron chi connectivity index (χ2n) is 7.37. The van der Waals surface area contributed by atoms with Crippen LogP contribution in [0.15, 0.2) is 58.3 Å². The van der Waals surface area contributed by atoms with Gasteiger partial charge in [-0.3, -0.25) is 4.79 Å². The van der Waals surface area contributed by atoms with Crippen LogP contribution in [0.25, 0.3) is 10.9 Å². The molecular formula is C23H20FN3OS2. The van der Waals surface area contributed by atoms with Crippen LogP contribution in [0, 0.1) is 12.7 Å². The van der Waals surface area contributed by atoms with Crippen molar-refractivity contribution in [2.75, 3.05) is 12.3 Å². The summed E-state index contributed by atoms with van der Waals surface area (Å²) in [6.45, 7) is 2.50. The van der Waals surface area contributed by atoms with Gasteiger partial charge in [0.25, 0.3) is 0 Å². The summed E-state index contributed by atoms with van der Waals surface area (Å²) in [5.41, 5.74) is 4.58. The average Bonchev–Trinajstić information content (AvgIpc) is 3.35. The molecule has 0 aliphatic carbocycles. The summed E-state index contributed by atoms with van der Waals surface area (Å²) >= 11 is 2.99. The molecular weight excluding hydrogens is 417 g/mol. The van der Waals surface area contributed by atoms with Crippen molar-refractivity contribution < 1.29 is 9.18 Å². The number of thioether (sulfide) groups is 1. The molecule has 4 aromatic rings. The van der Waals surface area contributed by atoms with E-state index in [-0.39, 0.29) is 17.5 Å². The molecule has 2 aromatic carbocycles. The largest absolute Gasteiger partial charge is 0.356 e. The second-order valence-corrected chi connectivity index (χ2v) is 9.45. The quantitative estimate of drug-likeness (QED) is 0.439. The minimum atomic E-state index is -0.464. The van der Waals surface area contributed by atoms with Crippen LogP contribution in [0.1, 0.15) is 28.6 Å². The number of carbonyl (C=O) groups excluding carboxylic acids is 1. The number of hydrogen-bond donors (Lipinski definition) is 1. The molecule has 1 aliphatic rings. The molecule has 152 valence electrons. The van der Waals surface area contributed by atoms with Crippen LogP contribution >= 0.6 is 23.1 Å². The molecule has 4 nitrogen and oxygen atoms in total. The fourth-order valence-electron chi connectivity index (χ4n) is 4.13. The molecule has 1 atom stereocenters. The number of benzene rings is 2. The van der Waals surface area contributed by atoms with Crippen molar-refractivity contribution in [3.05, 3.63) is 82.2 Å². The SMILES string of the molecule is Cc1csc(SCC(=O)N2CCc3c([nH]c4ccccc34)[C@H]2c2ccccc2F)n1. The lowest BCUT2D eigenvalue weighted by Crippen LogP contribution is -2.41. The predicted molar refractivity (Wildman–Crippen MR) is 120 cm³/mol. The maximum atomic E-state index is 14.8. The van der Waals surface area contributed by atoms with E-state index in [0.717, 1.165) is 33.1 Å². The number of nitrogens with zero attached hydrogens (tertiary/aromatic N) is 2. The number of hydrogen-bond acceptors (Lipinski definition) is 4. The average molecular weight is 438 g/mol. The first kappa shape index (κ1) is 19.3. The van der Waals surface area contributed by atoms with Crippen molar-refractivity contribution in [2.24, 2.45) is 0 Å². The van der Waals surface area contributed by atoms with Crippen LogP contribution in [0.2, 0.25) is 0 Å². The minimum absolute atomic E-state index is 0.00888. The Balaban J connectivity index is 1.53. The number of para-hydroxylation sites is 1. The summed E-state index contributed by atoms with van der Waals surface area (Å²) in [5.74, 6) is -0.0200. The van der Waals surface area contributed by atoms with Crippen molar-refractivity contribution >= 4 is 39.9 Å². The molecule has 0 saturated carbocycles. The third kappa shape index (κ3) is 3.42. The molecule has 3 heterocycles. The van der Waals surface area contributed by atoms with Gasteiger partial charge in [0.1, 0.15) is 11.9 Å². The van der Waals surface area contributed by atoms with Crippen LogP contribution in [0.3, 0.4) is 0 Å².